The largest absolute Gasteiger partial charge is 0.497 e. The lowest BCUT2D eigenvalue weighted by Crippen LogP contribution is -2.02. The molecule has 2 rings (SSSR count). The van der Waals surface area contributed by atoms with Gasteiger partial charge in [0.1, 0.15) is 11.5 Å². The molecule has 23 heavy (non-hydrogen) atoms. The van der Waals surface area contributed by atoms with Crippen molar-refractivity contribution in [1.82, 2.24) is 0 Å². The maximum Gasteiger partial charge on any atom is 0.336 e. The highest BCUT2D eigenvalue weighted by atomic mass is 16.5. The van der Waals surface area contributed by atoms with E-state index in [9.17, 15) is 9.90 Å². The van der Waals surface area contributed by atoms with Gasteiger partial charge in [0.25, 0.3) is 0 Å². The first kappa shape index (κ1) is 16.6. The zero-order chi connectivity index (χ0) is 16.8. The normalized spacial score (nSPS) is 11.2. The molecule has 0 fully saturated rings. The van der Waals surface area contributed by atoms with Gasteiger partial charge < -0.3 is 14.6 Å². The first-order valence-corrected chi connectivity index (χ1v) is 7.35. The molecule has 0 amide bonds. The minimum Gasteiger partial charge on any atom is -0.497 e. The van der Waals surface area contributed by atoms with E-state index in [1.807, 2.05) is 24.3 Å². The lowest BCUT2D eigenvalue weighted by atomic mass is 10.0. The lowest BCUT2D eigenvalue weighted by Gasteiger charge is -2.11. The van der Waals surface area contributed by atoms with E-state index in [2.05, 4.69) is 6.92 Å². The molecule has 0 saturated carbocycles. The fourth-order valence-electron chi connectivity index (χ4n) is 2.29. The number of aryl methyl sites for hydroxylation is 1. The average Bonchev–Trinajstić information content (AvgIpc) is 2.59. The Kier molecular flexibility index (Phi) is 5.41. The lowest BCUT2D eigenvalue weighted by molar-refractivity contribution is -0.130. The molecule has 2 aromatic rings. The predicted molar refractivity (Wildman–Crippen MR) is 90.9 cm³/mol. The van der Waals surface area contributed by atoms with Gasteiger partial charge in [0.15, 0.2) is 0 Å². The van der Waals surface area contributed by atoms with Crippen molar-refractivity contribution in [2.75, 3.05) is 14.2 Å². The number of methoxy groups -OCH3 is 2. The second-order valence-electron chi connectivity index (χ2n) is 5.02. The first-order chi connectivity index (χ1) is 11.1. The molecule has 120 valence electrons. The molecule has 1 N–H and O–H groups in total. The van der Waals surface area contributed by atoms with Gasteiger partial charge in [-0.05, 0) is 35.8 Å². The zero-order valence-electron chi connectivity index (χ0n) is 13.5. The van der Waals surface area contributed by atoms with E-state index >= 15 is 0 Å². The van der Waals surface area contributed by atoms with Crippen LogP contribution in [-0.2, 0) is 11.2 Å². The standard InChI is InChI=1S/C19H20O4/c1-4-13-5-7-14(8-6-13)11-17(19(20)21)16-10-9-15(22-2)12-18(16)23-3/h5-12H,4H2,1-3H3,(H,20,21)/b17-11-. The summed E-state index contributed by atoms with van der Waals surface area (Å²) in [4.78, 5) is 11.7. The van der Waals surface area contributed by atoms with Gasteiger partial charge in [0.2, 0.25) is 0 Å². The van der Waals surface area contributed by atoms with Crippen LogP contribution < -0.4 is 9.47 Å². The van der Waals surface area contributed by atoms with Gasteiger partial charge in [-0.25, -0.2) is 4.79 Å². The number of rotatable bonds is 6. The third-order valence-corrected chi connectivity index (χ3v) is 3.63. The SMILES string of the molecule is CCc1ccc(/C=C(\C(=O)O)c2ccc(OC)cc2OC)cc1. The van der Waals surface area contributed by atoms with Crippen LogP contribution in [-0.4, -0.2) is 25.3 Å². The second kappa shape index (κ2) is 7.49. The van der Waals surface area contributed by atoms with Crippen molar-refractivity contribution in [3.63, 3.8) is 0 Å². The molecule has 0 bridgehead atoms. The van der Waals surface area contributed by atoms with Crippen molar-refractivity contribution in [2.45, 2.75) is 13.3 Å². The maximum atomic E-state index is 11.7. The topological polar surface area (TPSA) is 55.8 Å². The molecular weight excluding hydrogens is 292 g/mol. The number of carboxylic acid groups (broad SMARTS) is 1. The van der Waals surface area contributed by atoms with Crippen molar-refractivity contribution >= 4 is 17.6 Å². The van der Waals surface area contributed by atoms with E-state index < -0.39 is 5.97 Å². The maximum absolute atomic E-state index is 11.7. The van der Waals surface area contributed by atoms with Crippen molar-refractivity contribution < 1.29 is 19.4 Å². The van der Waals surface area contributed by atoms with Crippen LogP contribution in [0.3, 0.4) is 0 Å². The smallest absolute Gasteiger partial charge is 0.336 e. The summed E-state index contributed by atoms with van der Waals surface area (Å²) in [5.74, 6) is 0.0684. The van der Waals surface area contributed by atoms with Crippen molar-refractivity contribution in [3.05, 3.63) is 59.2 Å². The Bertz CT molecular complexity index is 715. The van der Waals surface area contributed by atoms with Crippen LogP contribution in [0.2, 0.25) is 0 Å². The number of aliphatic carboxylic acids is 1. The van der Waals surface area contributed by atoms with Gasteiger partial charge >= 0.3 is 5.97 Å². The van der Waals surface area contributed by atoms with Gasteiger partial charge in [-0.3, -0.25) is 0 Å². The van der Waals surface area contributed by atoms with Gasteiger partial charge in [0.05, 0.1) is 19.8 Å². The molecule has 0 radical (unpaired) electrons. The quantitative estimate of drug-likeness (QED) is 0.649. The summed E-state index contributed by atoms with van der Waals surface area (Å²) in [7, 11) is 3.06. The number of carboxylic acids is 1. The monoisotopic (exact) mass is 312 g/mol. The molecule has 0 atom stereocenters. The molecule has 0 aliphatic carbocycles. The Labute approximate surface area is 136 Å². The molecule has 0 spiro atoms. The van der Waals surface area contributed by atoms with Crippen molar-refractivity contribution in [3.8, 4) is 11.5 Å². The molecular formula is C19H20O4. The van der Waals surface area contributed by atoms with E-state index in [4.69, 9.17) is 9.47 Å². The van der Waals surface area contributed by atoms with Crippen LogP contribution in [0.25, 0.3) is 11.6 Å². The summed E-state index contributed by atoms with van der Waals surface area (Å²) in [6.07, 6.45) is 2.59. The zero-order valence-corrected chi connectivity index (χ0v) is 13.5. The minimum absolute atomic E-state index is 0.175. The fourth-order valence-corrected chi connectivity index (χ4v) is 2.29. The Hall–Kier alpha value is -2.75. The third kappa shape index (κ3) is 3.92. The van der Waals surface area contributed by atoms with Gasteiger partial charge in [0, 0.05) is 11.6 Å². The van der Waals surface area contributed by atoms with Crippen molar-refractivity contribution in [2.24, 2.45) is 0 Å². The molecule has 0 aliphatic heterocycles. The number of carbonyl (C=O) groups is 1. The van der Waals surface area contributed by atoms with Gasteiger partial charge in [-0.2, -0.15) is 0 Å². The average molecular weight is 312 g/mol. The van der Waals surface area contributed by atoms with Crippen LogP contribution in [0.15, 0.2) is 42.5 Å². The highest BCUT2D eigenvalue weighted by Gasteiger charge is 2.16. The summed E-state index contributed by atoms with van der Waals surface area (Å²) >= 11 is 0. The van der Waals surface area contributed by atoms with Crippen LogP contribution >= 0.6 is 0 Å². The number of benzene rings is 2. The van der Waals surface area contributed by atoms with E-state index in [0.29, 0.717) is 17.1 Å². The number of hydrogen-bond acceptors (Lipinski definition) is 3. The number of hydrogen-bond donors (Lipinski definition) is 1. The minimum atomic E-state index is -1.01. The summed E-state index contributed by atoms with van der Waals surface area (Å²) in [5.41, 5.74) is 2.73. The van der Waals surface area contributed by atoms with Crippen molar-refractivity contribution in [1.29, 1.82) is 0 Å². The van der Waals surface area contributed by atoms with Gasteiger partial charge in [-0.15, -0.1) is 0 Å². The van der Waals surface area contributed by atoms with Crippen LogP contribution in [0, 0.1) is 0 Å². The van der Waals surface area contributed by atoms with E-state index in [1.165, 1.54) is 12.7 Å². The Morgan fingerprint density at radius 3 is 2.30 bits per heavy atom. The molecule has 0 aromatic heterocycles. The summed E-state index contributed by atoms with van der Waals surface area (Å²) < 4.78 is 10.5. The second-order valence-corrected chi connectivity index (χ2v) is 5.02. The molecule has 0 aliphatic rings. The predicted octanol–water partition coefficient (Wildman–Crippen LogP) is 3.89. The van der Waals surface area contributed by atoms with Crippen LogP contribution in [0.5, 0.6) is 11.5 Å². The van der Waals surface area contributed by atoms with E-state index in [1.54, 1.807) is 31.4 Å². The Morgan fingerprint density at radius 1 is 1.09 bits per heavy atom. The first-order valence-electron chi connectivity index (χ1n) is 7.35. The summed E-state index contributed by atoms with van der Waals surface area (Å²) in [6, 6.07) is 12.9. The molecule has 2 aromatic carbocycles. The van der Waals surface area contributed by atoms with Gasteiger partial charge in [-0.1, -0.05) is 31.2 Å². The van der Waals surface area contributed by atoms with E-state index in [-0.39, 0.29) is 5.57 Å². The molecule has 0 saturated heterocycles. The van der Waals surface area contributed by atoms with Crippen LogP contribution in [0.4, 0.5) is 0 Å². The summed E-state index contributed by atoms with van der Waals surface area (Å²) in [5, 5.41) is 9.58. The molecule has 4 nitrogen and oxygen atoms in total. The highest BCUT2D eigenvalue weighted by Crippen LogP contribution is 2.31. The molecule has 4 heteroatoms. The third-order valence-electron chi connectivity index (χ3n) is 3.63. The number of ether oxygens (including phenoxy) is 2. The summed E-state index contributed by atoms with van der Waals surface area (Å²) in [6.45, 7) is 2.08. The molecule has 0 unspecified atom stereocenters. The van der Waals surface area contributed by atoms with E-state index in [0.717, 1.165) is 12.0 Å². The van der Waals surface area contributed by atoms with Crippen LogP contribution in [0.1, 0.15) is 23.6 Å². The fraction of sp³-hybridized carbons (Fsp3) is 0.211. The molecule has 0 heterocycles. The Balaban J connectivity index is 2.49. The highest BCUT2D eigenvalue weighted by molar-refractivity contribution is 6.21. The Morgan fingerprint density at radius 2 is 1.78 bits per heavy atom.